The van der Waals surface area contributed by atoms with Crippen LogP contribution < -0.4 is 14.8 Å². The molecule has 2 N–H and O–H groups in total. The average molecular weight is 406 g/mol. The van der Waals surface area contributed by atoms with E-state index in [-0.39, 0.29) is 5.91 Å². The number of nitrogens with one attached hydrogen (secondary N) is 2. The predicted octanol–water partition coefficient (Wildman–Crippen LogP) is 4.19. The number of fused-ring (bicyclic) bond motifs is 1. The third kappa shape index (κ3) is 4.62. The molecule has 0 spiro atoms. The van der Waals surface area contributed by atoms with Crippen molar-refractivity contribution in [2.45, 2.75) is 45.6 Å². The van der Waals surface area contributed by atoms with Crippen molar-refractivity contribution >= 4 is 5.91 Å². The Morgan fingerprint density at radius 2 is 1.93 bits per heavy atom. The molecule has 156 valence electrons. The van der Waals surface area contributed by atoms with Crippen LogP contribution in [0.3, 0.4) is 0 Å². The first-order valence-corrected chi connectivity index (χ1v) is 10.4. The summed E-state index contributed by atoms with van der Waals surface area (Å²) in [5.74, 6) is 1.75. The maximum atomic E-state index is 12.7. The van der Waals surface area contributed by atoms with Gasteiger partial charge in [0.2, 0.25) is 5.88 Å². The van der Waals surface area contributed by atoms with Crippen molar-refractivity contribution in [3.05, 3.63) is 65.1 Å². The van der Waals surface area contributed by atoms with Crippen molar-refractivity contribution in [3.8, 4) is 17.4 Å². The number of nitrogens with zero attached hydrogens (tertiary/aromatic N) is 2. The van der Waals surface area contributed by atoms with Crippen LogP contribution in [0, 0.1) is 0 Å². The summed E-state index contributed by atoms with van der Waals surface area (Å²) in [6, 6.07) is 11.1. The monoisotopic (exact) mass is 406 g/mol. The fourth-order valence-electron chi connectivity index (χ4n) is 3.51. The molecule has 2 heterocycles. The molecule has 0 fully saturated rings. The van der Waals surface area contributed by atoms with Gasteiger partial charge in [0.15, 0.2) is 5.69 Å². The minimum atomic E-state index is -0.179. The van der Waals surface area contributed by atoms with Crippen LogP contribution in [0.4, 0.5) is 0 Å². The van der Waals surface area contributed by atoms with Gasteiger partial charge in [0, 0.05) is 29.6 Å². The van der Waals surface area contributed by atoms with E-state index in [0.29, 0.717) is 30.5 Å². The minimum absolute atomic E-state index is 0.179. The molecular weight excluding hydrogens is 380 g/mol. The fourth-order valence-corrected chi connectivity index (χ4v) is 3.51. The van der Waals surface area contributed by atoms with Gasteiger partial charge in [0.1, 0.15) is 11.5 Å². The predicted molar refractivity (Wildman–Crippen MR) is 113 cm³/mol. The Kier molecular flexibility index (Phi) is 6.27. The summed E-state index contributed by atoms with van der Waals surface area (Å²) < 4.78 is 11.5. The number of hydrogen-bond acceptors (Lipinski definition) is 5. The first-order valence-electron chi connectivity index (χ1n) is 10.4. The van der Waals surface area contributed by atoms with Crippen molar-refractivity contribution < 1.29 is 14.3 Å². The number of carbonyl (C=O) groups is 1. The number of aromatic amines is 1. The molecule has 2 aromatic heterocycles. The number of aromatic nitrogens is 3. The summed E-state index contributed by atoms with van der Waals surface area (Å²) in [4.78, 5) is 17.0. The van der Waals surface area contributed by atoms with Crippen LogP contribution in [-0.4, -0.2) is 27.7 Å². The Morgan fingerprint density at radius 3 is 2.77 bits per heavy atom. The molecule has 30 heavy (non-hydrogen) atoms. The molecule has 7 heteroatoms. The van der Waals surface area contributed by atoms with Gasteiger partial charge in [-0.25, -0.2) is 4.98 Å². The second-order valence-electron chi connectivity index (χ2n) is 7.31. The van der Waals surface area contributed by atoms with E-state index in [1.807, 2.05) is 36.4 Å². The number of rotatable bonds is 8. The normalized spacial score (nSPS) is 12.8. The summed E-state index contributed by atoms with van der Waals surface area (Å²) in [5, 5.41) is 10.2. The molecule has 3 aromatic rings. The van der Waals surface area contributed by atoms with Crippen molar-refractivity contribution in [2.24, 2.45) is 0 Å². The number of benzene rings is 1. The molecule has 0 unspecified atom stereocenters. The number of H-pyrrole nitrogens is 1. The maximum Gasteiger partial charge on any atom is 0.272 e. The fraction of sp³-hybridized carbons (Fsp3) is 0.348. The molecule has 1 aliphatic rings. The highest BCUT2D eigenvalue weighted by Gasteiger charge is 2.21. The Labute approximate surface area is 175 Å². The Bertz CT molecular complexity index is 998. The Morgan fingerprint density at radius 1 is 1.13 bits per heavy atom. The second-order valence-corrected chi connectivity index (χ2v) is 7.31. The molecule has 0 atom stereocenters. The lowest BCUT2D eigenvalue weighted by Crippen LogP contribution is -2.25. The summed E-state index contributed by atoms with van der Waals surface area (Å²) in [6.07, 6.45) is 6.71. The SMILES string of the molecule is CCCOc1ccc(Oc2ncccc2CNC(=O)c2n[nH]c3c2CCCC3)cc1. The van der Waals surface area contributed by atoms with E-state index in [1.54, 1.807) is 6.20 Å². The van der Waals surface area contributed by atoms with Crippen LogP contribution in [0.2, 0.25) is 0 Å². The average Bonchev–Trinajstić information content (AvgIpc) is 3.22. The Hall–Kier alpha value is -3.35. The molecule has 1 aromatic carbocycles. The third-order valence-electron chi connectivity index (χ3n) is 5.07. The van der Waals surface area contributed by atoms with Gasteiger partial charge in [0.25, 0.3) is 5.91 Å². The van der Waals surface area contributed by atoms with E-state index >= 15 is 0 Å². The minimum Gasteiger partial charge on any atom is -0.494 e. The molecular formula is C23H26N4O3. The van der Waals surface area contributed by atoms with Gasteiger partial charge < -0.3 is 14.8 Å². The lowest BCUT2D eigenvalue weighted by molar-refractivity contribution is 0.0944. The highest BCUT2D eigenvalue weighted by Crippen LogP contribution is 2.26. The van der Waals surface area contributed by atoms with E-state index in [9.17, 15) is 4.79 Å². The highest BCUT2D eigenvalue weighted by molar-refractivity contribution is 5.94. The van der Waals surface area contributed by atoms with Crippen LogP contribution >= 0.6 is 0 Å². The number of pyridine rings is 1. The number of hydrogen-bond donors (Lipinski definition) is 2. The molecule has 1 amide bonds. The highest BCUT2D eigenvalue weighted by atomic mass is 16.5. The van der Waals surface area contributed by atoms with Gasteiger partial charge in [-0.15, -0.1) is 0 Å². The molecule has 0 bridgehead atoms. The topological polar surface area (TPSA) is 89.1 Å². The lowest BCUT2D eigenvalue weighted by atomic mass is 9.96. The molecule has 0 aliphatic heterocycles. The van der Waals surface area contributed by atoms with E-state index in [1.165, 1.54) is 0 Å². The third-order valence-corrected chi connectivity index (χ3v) is 5.07. The van der Waals surface area contributed by atoms with Gasteiger partial charge in [-0.1, -0.05) is 13.0 Å². The summed E-state index contributed by atoms with van der Waals surface area (Å²) in [7, 11) is 0. The van der Waals surface area contributed by atoms with E-state index in [2.05, 4.69) is 27.4 Å². The summed E-state index contributed by atoms with van der Waals surface area (Å²) >= 11 is 0. The first-order chi connectivity index (χ1) is 14.7. The van der Waals surface area contributed by atoms with Crippen molar-refractivity contribution in [3.63, 3.8) is 0 Å². The van der Waals surface area contributed by atoms with Crippen molar-refractivity contribution in [2.75, 3.05) is 6.61 Å². The molecule has 0 saturated heterocycles. The largest absolute Gasteiger partial charge is 0.494 e. The van der Waals surface area contributed by atoms with Gasteiger partial charge in [0.05, 0.1) is 6.61 Å². The standard InChI is InChI=1S/C23H26N4O3/c1-2-14-29-17-9-11-18(12-10-17)30-23-16(6-5-13-24-23)15-25-22(28)21-19-7-3-4-8-20(19)26-27-21/h5-6,9-13H,2-4,7-8,14-15H2,1H3,(H,25,28)(H,26,27). The number of aryl methyl sites for hydroxylation is 1. The van der Waals surface area contributed by atoms with Crippen LogP contribution in [-0.2, 0) is 19.4 Å². The summed E-state index contributed by atoms with van der Waals surface area (Å²) in [6.45, 7) is 3.06. The zero-order valence-electron chi connectivity index (χ0n) is 17.1. The molecule has 0 radical (unpaired) electrons. The van der Waals surface area contributed by atoms with E-state index < -0.39 is 0 Å². The molecule has 4 rings (SSSR count). The quantitative estimate of drug-likeness (QED) is 0.585. The van der Waals surface area contributed by atoms with E-state index in [4.69, 9.17) is 9.47 Å². The maximum absolute atomic E-state index is 12.7. The Balaban J connectivity index is 1.41. The smallest absolute Gasteiger partial charge is 0.272 e. The van der Waals surface area contributed by atoms with Gasteiger partial charge in [-0.3, -0.25) is 9.89 Å². The molecule has 7 nitrogen and oxygen atoms in total. The lowest BCUT2D eigenvalue weighted by Gasteiger charge is -2.12. The van der Waals surface area contributed by atoms with Gasteiger partial charge >= 0.3 is 0 Å². The zero-order chi connectivity index (χ0) is 20.8. The van der Waals surface area contributed by atoms with Crippen LogP contribution in [0.5, 0.6) is 17.4 Å². The number of ether oxygens (including phenoxy) is 2. The van der Waals surface area contributed by atoms with Crippen molar-refractivity contribution in [1.29, 1.82) is 0 Å². The van der Waals surface area contributed by atoms with Gasteiger partial charge in [-0.05, 0) is 62.4 Å². The van der Waals surface area contributed by atoms with Gasteiger partial charge in [-0.2, -0.15) is 5.10 Å². The van der Waals surface area contributed by atoms with Crippen LogP contribution in [0.25, 0.3) is 0 Å². The van der Waals surface area contributed by atoms with Crippen LogP contribution in [0.1, 0.15) is 53.5 Å². The molecule has 0 saturated carbocycles. The zero-order valence-corrected chi connectivity index (χ0v) is 17.1. The van der Waals surface area contributed by atoms with Crippen molar-refractivity contribution in [1.82, 2.24) is 20.5 Å². The number of carbonyl (C=O) groups excluding carboxylic acids is 1. The second kappa shape index (κ2) is 9.43. The summed E-state index contributed by atoms with van der Waals surface area (Å²) in [5.41, 5.74) is 3.43. The van der Waals surface area contributed by atoms with Crippen LogP contribution in [0.15, 0.2) is 42.6 Å². The van der Waals surface area contributed by atoms with E-state index in [0.717, 1.165) is 54.7 Å². The molecule has 1 aliphatic carbocycles. The number of amides is 1. The first kappa shape index (κ1) is 19.9.